The minimum absolute atomic E-state index is 0.000166. The molecule has 0 radical (unpaired) electrons. The van der Waals surface area contributed by atoms with Gasteiger partial charge in [0, 0.05) is 11.4 Å². The first-order chi connectivity index (χ1) is 12.0. The molecule has 1 atom stereocenters. The van der Waals surface area contributed by atoms with E-state index in [9.17, 15) is 14.4 Å². The summed E-state index contributed by atoms with van der Waals surface area (Å²) < 4.78 is 0.627. The summed E-state index contributed by atoms with van der Waals surface area (Å²) in [6.07, 6.45) is -0.000166. The van der Waals surface area contributed by atoms with Gasteiger partial charge in [0.1, 0.15) is 0 Å². The summed E-state index contributed by atoms with van der Waals surface area (Å²) in [5.41, 5.74) is 5.96. The molecule has 130 valence electrons. The van der Waals surface area contributed by atoms with E-state index in [4.69, 9.17) is 0 Å². The van der Waals surface area contributed by atoms with Gasteiger partial charge in [0.15, 0.2) is 0 Å². The highest BCUT2D eigenvalue weighted by atomic mass is 79.9. The van der Waals surface area contributed by atoms with Crippen LogP contribution in [0.1, 0.15) is 35.3 Å². The number of rotatable bonds is 5. The molecule has 0 unspecified atom stereocenters. The molecule has 0 saturated heterocycles. The molecule has 2 rings (SSSR count). The largest absolute Gasteiger partial charge is 0.349 e. The van der Waals surface area contributed by atoms with E-state index in [1.165, 1.54) is 6.92 Å². The normalized spacial score (nSPS) is 11.3. The molecule has 0 bridgehead atoms. The van der Waals surface area contributed by atoms with E-state index in [1.54, 1.807) is 24.3 Å². The SMILES string of the molecule is CC(=O)N[C@@H](CC(=O)NNC(=O)c1ccccc1Br)c1ccccc1. The number of hydrogen-bond donors (Lipinski definition) is 3. The number of hydrogen-bond acceptors (Lipinski definition) is 3. The van der Waals surface area contributed by atoms with Crippen LogP contribution >= 0.6 is 15.9 Å². The third-order valence-electron chi connectivity index (χ3n) is 3.40. The van der Waals surface area contributed by atoms with Gasteiger partial charge in [0.2, 0.25) is 11.8 Å². The van der Waals surface area contributed by atoms with Gasteiger partial charge in [-0.3, -0.25) is 25.2 Å². The monoisotopic (exact) mass is 403 g/mol. The number of carbonyl (C=O) groups is 3. The predicted octanol–water partition coefficient (Wildman–Crippen LogP) is 2.48. The molecular weight excluding hydrogens is 386 g/mol. The molecule has 0 aliphatic carbocycles. The van der Waals surface area contributed by atoms with Gasteiger partial charge in [-0.2, -0.15) is 0 Å². The van der Waals surface area contributed by atoms with E-state index in [0.717, 1.165) is 5.56 Å². The second kappa shape index (κ2) is 8.98. The van der Waals surface area contributed by atoms with Gasteiger partial charge >= 0.3 is 0 Å². The maximum Gasteiger partial charge on any atom is 0.270 e. The summed E-state index contributed by atoms with van der Waals surface area (Å²) in [6.45, 7) is 1.39. The summed E-state index contributed by atoms with van der Waals surface area (Å²) >= 11 is 3.28. The molecule has 0 fully saturated rings. The highest BCUT2D eigenvalue weighted by Gasteiger charge is 2.18. The van der Waals surface area contributed by atoms with Crippen molar-refractivity contribution in [2.45, 2.75) is 19.4 Å². The minimum Gasteiger partial charge on any atom is -0.349 e. The molecule has 6 nitrogen and oxygen atoms in total. The summed E-state index contributed by atoms with van der Waals surface area (Å²) in [7, 11) is 0. The molecule has 0 heterocycles. The van der Waals surface area contributed by atoms with Gasteiger partial charge in [0.25, 0.3) is 5.91 Å². The quantitative estimate of drug-likeness (QED) is 0.670. The molecule has 2 aromatic rings. The smallest absolute Gasteiger partial charge is 0.270 e. The minimum atomic E-state index is -0.473. The third kappa shape index (κ3) is 5.72. The van der Waals surface area contributed by atoms with Gasteiger partial charge in [0.05, 0.1) is 18.0 Å². The number of benzene rings is 2. The fraction of sp³-hybridized carbons (Fsp3) is 0.167. The first-order valence-electron chi connectivity index (χ1n) is 7.63. The van der Waals surface area contributed by atoms with Gasteiger partial charge in [-0.1, -0.05) is 42.5 Å². The Kier molecular flexibility index (Phi) is 6.71. The Morgan fingerprint density at radius 2 is 1.60 bits per heavy atom. The van der Waals surface area contributed by atoms with Crippen LogP contribution in [-0.4, -0.2) is 17.7 Å². The van der Waals surface area contributed by atoms with Gasteiger partial charge < -0.3 is 5.32 Å². The maximum absolute atomic E-state index is 12.1. The second-order valence-corrected chi connectivity index (χ2v) is 6.20. The van der Waals surface area contributed by atoms with E-state index in [1.807, 2.05) is 30.3 Å². The van der Waals surface area contributed by atoms with Crippen LogP contribution in [0.25, 0.3) is 0 Å². The van der Waals surface area contributed by atoms with Crippen LogP contribution in [0, 0.1) is 0 Å². The van der Waals surface area contributed by atoms with E-state index in [2.05, 4.69) is 32.1 Å². The molecule has 25 heavy (non-hydrogen) atoms. The molecule has 3 amide bonds. The lowest BCUT2D eigenvalue weighted by molar-refractivity contribution is -0.123. The molecule has 0 saturated carbocycles. The maximum atomic E-state index is 12.1. The zero-order chi connectivity index (χ0) is 18.2. The summed E-state index contributed by atoms with van der Waals surface area (Å²) in [4.78, 5) is 35.6. The Hall–Kier alpha value is -2.67. The van der Waals surface area contributed by atoms with E-state index < -0.39 is 17.9 Å². The van der Waals surface area contributed by atoms with Crippen molar-refractivity contribution < 1.29 is 14.4 Å². The summed E-state index contributed by atoms with van der Waals surface area (Å²) in [5, 5.41) is 2.74. The van der Waals surface area contributed by atoms with Crippen LogP contribution in [0.4, 0.5) is 0 Å². The number of amides is 3. The molecule has 3 N–H and O–H groups in total. The van der Waals surface area contributed by atoms with Crippen molar-refractivity contribution in [3.05, 3.63) is 70.2 Å². The fourth-order valence-corrected chi connectivity index (χ4v) is 2.72. The topological polar surface area (TPSA) is 87.3 Å². The molecule has 0 aromatic heterocycles. The van der Waals surface area contributed by atoms with Crippen molar-refractivity contribution in [2.75, 3.05) is 0 Å². The van der Waals surface area contributed by atoms with Crippen LogP contribution < -0.4 is 16.2 Å². The Morgan fingerprint density at radius 1 is 0.960 bits per heavy atom. The average molecular weight is 404 g/mol. The summed E-state index contributed by atoms with van der Waals surface area (Å²) in [6, 6.07) is 15.6. The molecule has 0 aliphatic rings. The zero-order valence-corrected chi connectivity index (χ0v) is 15.2. The Morgan fingerprint density at radius 3 is 2.24 bits per heavy atom. The Bertz CT molecular complexity index is 765. The van der Waals surface area contributed by atoms with E-state index in [-0.39, 0.29) is 12.3 Å². The van der Waals surface area contributed by atoms with E-state index >= 15 is 0 Å². The van der Waals surface area contributed by atoms with Crippen molar-refractivity contribution in [1.29, 1.82) is 0 Å². The van der Waals surface area contributed by atoms with Gasteiger partial charge in [-0.05, 0) is 33.6 Å². The fourth-order valence-electron chi connectivity index (χ4n) is 2.26. The van der Waals surface area contributed by atoms with Crippen molar-refractivity contribution in [3.63, 3.8) is 0 Å². The molecule has 2 aromatic carbocycles. The van der Waals surface area contributed by atoms with Crippen LogP contribution in [0.5, 0.6) is 0 Å². The predicted molar refractivity (Wildman–Crippen MR) is 97.4 cm³/mol. The Labute approximate surface area is 154 Å². The van der Waals surface area contributed by atoms with E-state index in [0.29, 0.717) is 10.0 Å². The van der Waals surface area contributed by atoms with Crippen molar-refractivity contribution >= 4 is 33.7 Å². The molecule has 7 heteroatoms. The molecular formula is C18H18BrN3O3. The van der Waals surface area contributed by atoms with Crippen molar-refractivity contribution in [1.82, 2.24) is 16.2 Å². The van der Waals surface area contributed by atoms with Crippen LogP contribution in [-0.2, 0) is 9.59 Å². The zero-order valence-electron chi connectivity index (χ0n) is 13.6. The summed E-state index contributed by atoms with van der Waals surface area (Å²) in [5.74, 6) is -1.08. The highest BCUT2D eigenvalue weighted by molar-refractivity contribution is 9.10. The second-order valence-electron chi connectivity index (χ2n) is 5.35. The molecule has 0 spiro atoms. The van der Waals surface area contributed by atoms with Crippen molar-refractivity contribution in [3.8, 4) is 0 Å². The van der Waals surface area contributed by atoms with Crippen LogP contribution in [0.15, 0.2) is 59.1 Å². The molecule has 0 aliphatic heterocycles. The van der Waals surface area contributed by atoms with Crippen LogP contribution in [0.3, 0.4) is 0 Å². The number of hydrazine groups is 1. The lowest BCUT2D eigenvalue weighted by Gasteiger charge is -2.18. The van der Waals surface area contributed by atoms with Crippen LogP contribution in [0.2, 0.25) is 0 Å². The highest BCUT2D eigenvalue weighted by Crippen LogP contribution is 2.17. The van der Waals surface area contributed by atoms with Crippen molar-refractivity contribution in [2.24, 2.45) is 0 Å². The van der Waals surface area contributed by atoms with Gasteiger partial charge in [-0.25, -0.2) is 0 Å². The van der Waals surface area contributed by atoms with Gasteiger partial charge in [-0.15, -0.1) is 0 Å². The third-order valence-corrected chi connectivity index (χ3v) is 4.09. The lowest BCUT2D eigenvalue weighted by atomic mass is 10.0. The number of halogens is 1. The average Bonchev–Trinajstić information content (AvgIpc) is 2.60. The number of carbonyl (C=O) groups excluding carboxylic acids is 3. The standard InChI is InChI=1S/C18H18BrN3O3/c1-12(23)20-16(13-7-3-2-4-8-13)11-17(24)21-22-18(25)14-9-5-6-10-15(14)19/h2-10,16H,11H2,1H3,(H,20,23)(H,21,24)(H,22,25)/t16-/m0/s1. The first-order valence-corrected chi connectivity index (χ1v) is 8.42. The Balaban J connectivity index is 1.96. The first kappa shape index (κ1) is 18.7. The number of nitrogens with one attached hydrogen (secondary N) is 3. The lowest BCUT2D eigenvalue weighted by Crippen LogP contribution is -2.43.